The minimum Gasteiger partial charge on any atom is -0.494 e. The molecule has 0 bridgehead atoms. The lowest BCUT2D eigenvalue weighted by atomic mass is 10.2. The number of halogens is 1. The fraction of sp³-hybridized carbons (Fsp3) is 0.214. The van der Waals surface area contributed by atoms with E-state index in [0.29, 0.717) is 23.0 Å². The zero-order chi connectivity index (χ0) is 13.6. The van der Waals surface area contributed by atoms with E-state index in [9.17, 15) is 4.79 Å². The Kier molecular flexibility index (Phi) is 2.75. The molecule has 0 saturated heterocycles. The summed E-state index contributed by atoms with van der Waals surface area (Å²) in [5.74, 6) is 0.461. The van der Waals surface area contributed by atoms with Crippen molar-refractivity contribution in [1.29, 1.82) is 0 Å². The van der Waals surface area contributed by atoms with Crippen LogP contribution in [0.15, 0.2) is 24.4 Å². The molecule has 19 heavy (non-hydrogen) atoms. The van der Waals surface area contributed by atoms with Crippen LogP contribution in [0.1, 0.15) is 21.6 Å². The van der Waals surface area contributed by atoms with Gasteiger partial charge in [0.05, 0.1) is 7.11 Å². The van der Waals surface area contributed by atoms with Gasteiger partial charge in [-0.2, -0.15) is 0 Å². The fourth-order valence-corrected chi connectivity index (χ4v) is 2.66. The van der Waals surface area contributed by atoms with Crippen LogP contribution in [-0.4, -0.2) is 17.6 Å². The topological polar surface area (TPSA) is 43.3 Å². The Labute approximate surface area is 115 Å². The lowest BCUT2D eigenvalue weighted by Crippen LogP contribution is -2.14. The molecule has 1 amide bonds. The van der Waals surface area contributed by atoms with Gasteiger partial charge in [-0.15, -0.1) is 0 Å². The number of nitrogens with zero attached hydrogens (tertiary/aromatic N) is 1. The Bertz CT molecular complexity index is 676. The van der Waals surface area contributed by atoms with E-state index in [1.165, 1.54) is 0 Å². The fourth-order valence-electron chi connectivity index (χ4n) is 2.47. The quantitative estimate of drug-likeness (QED) is 0.870. The van der Waals surface area contributed by atoms with Gasteiger partial charge in [0.1, 0.15) is 0 Å². The molecule has 1 aliphatic rings. The van der Waals surface area contributed by atoms with Gasteiger partial charge in [-0.3, -0.25) is 4.79 Å². The highest BCUT2D eigenvalue weighted by Crippen LogP contribution is 2.32. The van der Waals surface area contributed by atoms with E-state index in [-0.39, 0.29) is 5.91 Å². The van der Waals surface area contributed by atoms with Crippen molar-refractivity contribution < 1.29 is 9.53 Å². The number of rotatable bonds is 1. The van der Waals surface area contributed by atoms with Crippen LogP contribution < -0.4 is 10.1 Å². The number of hydrogen-bond acceptors (Lipinski definition) is 2. The molecule has 0 fully saturated rings. The predicted molar refractivity (Wildman–Crippen MR) is 74.2 cm³/mol. The van der Waals surface area contributed by atoms with Crippen LogP contribution in [0.3, 0.4) is 0 Å². The Balaban J connectivity index is 2.18. The molecule has 1 aromatic heterocycles. The molecule has 3 rings (SSSR count). The Morgan fingerprint density at radius 2 is 2.21 bits per heavy atom. The van der Waals surface area contributed by atoms with Gasteiger partial charge in [-0.1, -0.05) is 11.6 Å². The summed E-state index contributed by atoms with van der Waals surface area (Å²) in [4.78, 5) is 12.3. The van der Waals surface area contributed by atoms with E-state index in [1.54, 1.807) is 13.2 Å². The number of amides is 1. The number of aryl methyl sites for hydroxylation is 1. The van der Waals surface area contributed by atoms with E-state index in [1.807, 2.05) is 29.8 Å². The molecule has 4 nitrogen and oxygen atoms in total. The number of nitrogens with one attached hydrogen (secondary N) is 1. The molecule has 1 aliphatic heterocycles. The van der Waals surface area contributed by atoms with Crippen molar-refractivity contribution in [2.45, 2.75) is 13.5 Å². The number of carbonyl (C=O) groups excluding carboxylic acids is 1. The van der Waals surface area contributed by atoms with Crippen molar-refractivity contribution in [1.82, 2.24) is 4.57 Å². The standard InChI is InChI=1S/C14H13ClN2O2/c1-8-6-17-7-9-5-10(15)3-4-11(9)16-14(18)12(17)13(8)19-2/h3-6H,7H2,1-2H3,(H,16,18). The zero-order valence-electron chi connectivity index (χ0n) is 10.7. The van der Waals surface area contributed by atoms with Crippen LogP contribution >= 0.6 is 11.6 Å². The third kappa shape index (κ3) is 1.88. The first-order valence-electron chi connectivity index (χ1n) is 5.93. The summed E-state index contributed by atoms with van der Waals surface area (Å²) in [6, 6.07) is 5.46. The van der Waals surface area contributed by atoms with Crippen LogP contribution in [0, 0.1) is 6.92 Å². The SMILES string of the molecule is COc1c(C)cn2c1C(=O)Nc1ccc(Cl)cc1C2. The number of methoxy groups -OCH3 is 1. The van der Waals surface area contributed by atoms with E-state index in [2.05, 4.69) is 5.32 Å². The summed E-state index contributed by atoms with van der Waals surface area (Å²) in [5.41, 5.74) is 3.26. The molecule has 5 heteroatoms. The molecule has 0 saturated carbocycles. The molecule has 1 N–H and O–H groups in total. The first-order valence-corrected chi connectivity index (χ1v) is 6.31. The molecule has 0 radical (unpaired) electrons. The first kappa shape index (κ1) is 12.1. The second kappa shape index (κ2) is 4.31. The molecular weight excluding hydrogens is 264 g/mol. The molecule has 2 aromatic rings. The molecule has 0 aliphatic carbocycles. The second-order valence-corrected chi connectivity index (χ2v) is 5.01. The molecule has 0 atom stereocenters. The predicted octanol–water partition coefficient (Wildman–Crippen LogP) is 3.07. The second-order valence-electron chi connectivity index (χ2n) is 4.58. The van der Waals surface area contributed by atoms with Crippen LogP contribution in [0.2, 0.25) is 5.02 Å². The lowest BCUT2D eigenvalue weighted by Gasteiger charge is -2.06. The summed E-state index contributed by atoms with van der Waals surface area (Å²) in [7, 11) is 1.57. The number of fused-ring (bicyclic) bond motifs is 2. The summed E-state index contributed by atoms with van der Waals surface area (Å²) < 4.78 is 7.22. The monoisotopic (exact) mass is 276 g/mol. The molecule has 98 valence electrons. The molecule has 2 heterocycles. The van der Waals surface area contributed by atoms with E-state index >= 15 is 0 Å². The normalized spacial score (nSPS) is 13.3. The average molecular weight is 277 g/mol. The largest absolute Gasteiger partial charge is 0.494 e. The van der Waals surface area contributed by atoms with Crippen LogP contribution in [0.5, 0.6) is 5.75 Å². The summed E-state index contributed by atoms with van der Waals surface area (Å²) in [6.45, 7) is 2.51. The zero-order valence-corrected chi connectivity index (χ0v) is 11.4. The van der Waals surface area contributed by atoms with E-state index in [0.717, 1.165) is 16.8 Å². The van der Waals surface area contributed by atoms with Crippen LogP contribution in [0.4, 0.5) is 5.69 Å². The number of carbonyl (C=O) groups is 1. The molecule has 1 aromatic carbocycles. The van der Waals surface area contributed by atoms with Crippen molar-refractivity contribution >= 4 is 23.2 Å². The Morgan fingerprint density at radius 3 is 2.95 bits per heavy atom. The van der Waals surface area contributed by atoms with Gasteiger partial charge < -0.3 is 14.6 Å². The average Bonchev–Trinajstić information content (AvgIpc) is 2.61. The maximum Gasteiger partial charge on any atom is 0.276 e. The number of aromatic nitrogens is 1. The third-order valence-electron chi connectivity index (χ3n) is 3.29. The number of ether oxygens (including phenoxy) is 1. The number of anilines is 1. The van der Waals surface area contributed by atoms with Crippen molar-refractivity contribution in [2.75, 3.05) is 12.4 Å². The van der Waals surface area contributed by atoms with E-state index < -0.39 is 0 Å². The van der Waals surface area contributed by atoms with Crippen molar-refractivity contribution in [3.05, 3.63) is 46.2 Å². The van der Waals surface area contributed by atoms with Crippen LogP contribution in [-0.2, 0) is 6.54 Å². The van der Waals surface area contributed by atoms with Gasteiger partial charge >= 0.3 is 0 Å². The maximum atomic E-state index is 12.3. The van der Waals surface area contributed by atoms with Gasteiger partial charge in [-0.25, -0.2) is 0 Å². The lowest BCUT2D eigenvalue weighted by molar-refractivity contribution is 0.101. The van der Waals surface area contributed by atoms with Gasteiger partial charge in [0.15, 0.2) is 11.4 Å². The Hall–Kier alpha value is -1.94. The number of benzene rings is 1. The van der Waals surface area contributed by atoms with Crippen molar-refractivity contribution in [2.24, 2.45) is 0 Å². The highest BCUT2D eigenvalue weighted by molar-refractivity contribution is 6.30. The van der Waals surface area contributed by atoms with Gasteiger partial charge in [-0.05, 0) is 30.7 Å². The summed E-state index contributed by atoms with van der Waals surface area (Å²) >= 11 is 6.01. The molecule has 0 spiro atoms. The third-order valence-corrected chi connectivity index (χ3v) is 3.52. The minimum absolute atomic E-state index is 0.161. The maximum absolute atomic E-state index is 12.3. The van der Waals surface area contributed by atoms with Crippen molar-refractivity contribution in [3.63, 3.8) is 0 Å². The van der Waals surface area contributed by atoms with Gasteiger partial charge in [0.25, 0.3) is 5.91 Å². The summed E-state index contributed by atoms with van der Waals surface area (Å²) in [5, 5.41) is 3.55. The highest BCUT2D eigenvalue weighted by Gasteiger charge is 2.25. The minimum atomic E-state index is -0.161. The summed E-state index contributed by atoms with van der Waals surface area (Å²) in [6.07, 6.45) is 1.92. The van der Waals surface area contributed by atoms with Gasteiger partial charge in [0.2, 0.25) is 0 Å². The highest BCUT2D eigenvalue weighted by atomic mass is 35.5. The van der Waals surface area contributed by atoms with E-state index in [4.69, 9.17) is 16.3 Å². The smallest absolute Gasteiger partial charge is 0.276 e. The molecule has 0 unspecified atom stereocenters. The number of hydrogen-bond donors (Lipinski definition) is 1. The van der Waals surface area contributed by atoms with Gasteiger partial charge in [0, 0.05) is 29.0 Å². The first-order chi connectivity index (χ1) is 9.10. The molecular formula is C14H13ClN2O2. The van der Waals surface area contributed by atoms with Crippen LogP contribution in [0.25, 0.3) is 0 Å². The van der Waals surface area contributed by atoms with Crippen molar-refractivity contribution in [3.8, 4) is 5.75 Å². The Morgan fingerprint density at radius 1 is 1.42 bits per heavy atom.